The lowest BCUT2D eigenvalue weighted by Crippen LogP contribution is -2.64. The molecule has 1 saturated carbocycles. The Labute approximate surface area is 316 Å². The predicted octanol–water partition coefficient (Wildman–Crippen LogP) is 11.1. The highest BCUT2D eigenvalue weighted by Gasteiger charge is 2.61. The van der Waals surface area contributed by atoms with Gasteiger partial charge < -0.3 is 14.7 Å². The first-order valence-corrected chi connectivity index (χ1v) is 19.6. The summed E-state index contributed by atoms with van der Waals surface area (Å²) in [6.07, 6.45) is 4.93. The van der Waals surface area contributed by atoms with Crippen LogP contribution in [0.15, 0.2) is 115 Å². The number of rotatable bonds is 4. The molecule has 2 atom stereocenters. The average Bonchev–Trinajstić information content (AvgIpc) is 3.34. The molecule has 0 saturated heterocycles. The molecule has 4 heteroatoms. The number of nitrogens with zero attached hydrogens (tertiary/aromatic N) is 3. The van der Waals surface area contributed by atoms with Crippen LogP contribution in [-0.4, -0.2) is 12.3 Å². The third kappa shape index (κ3) is 4.42. The summed E-state index contributed by atoms with van der Waals surface area (Å²) < 4.78 is 0. The molecule has 2 unspecified atom stereocenters. The summed E-state index contributed by atoms with van der Waals surface area (Å²) in [4.78, 5) is 7.97. The van der Waals surface area contributed by atoms with E-state index in [2.05, 4.69) is 178 Å². The summed E-state index contributed by atoms with van der Waals surface area (Å²) >= 11 is 0. The zero-order valence-corrected chi connectivity index (χ0v) is 32.2. The molecule has 53 heavy (non-hydrogen) atoms. The average molecular weight is 690 g/mol. The van der Waals surface area contributed by atoms with Crippen LogP contribution in [0, 0.1) is 34.6 Å². The van der Waals surface area contributed by atoms with Crippen molar-refractivity contribution in [3.63, 3.8) is 0 Å². The number of anilines is 8. The SMILES string of the molecule is Cc1cccc(N(c2cccc(C)c2)c2cc3c4c(c2)N2c5c(cc(C)cc5C5(C)CCCCC25C)B4c2cccc(C)c2N3c2ccccc2C)c1. The van der Waals surface area contributed by atoms with Gasteiger partial charge in [0.25, 0.3) is 6.71 Å². The molecule has 262 valence electrons. The van der Waals surface area contributed by atoms with Crippen molar-refractivity contribution < 1.29 is 0 Å². The largest absolute Gasteiger partial charge is 0.335 e. The third-order valence-corrected chi connectivity index (χ3v) is 13.5. The monoisotopic (exact) mass is 689 g/mol. The molecule has 0 bridgehead atoms. The molecule has 10 rings (SSSR count). The number of fused-ring (bicyclic) bond motifs is 7. The van der Waals surface area contributed by atoms with Crippen LogP contribution in [0.25, 0.3) is 0 Å². The standard InChI is InChI=1S/C49H48BN3/c1-31-15-12-19-36(25-31)51(37-20-13-16-32(2)26-37)38-29-43-45-44(30-38)53-47-39(48(6)23-10-11-24-49(48,53)7)27-33(3)28-41(47)50(45)40-21-14-18-35(5)46(40)52(43)42-22-9-8-17-34(42)4/h8-9,12-22,25-30H,10-11,23-24H2,1-7H3. The molecule has 0 spiro atoms. The van der Waals surface area contributed by atoms with Crippen molar-refractivity contribution in [3.05, 3.63) is 149 Å². The van der Waals surface area contributed by atoms with Gasteiger partial charge in [0.15, 0.2) is 0 Å². The second kappa shape index (κ2) is 11.4. The van der Waals surface area contributed by atoms with E-state index in [1.165, 1.54) is 115 Å². The van der Waals surface area contributed by atoms with Gasteiger partial charge in [-0.2, -0.15) is 0 Å². The van der Waals surface area contributed by atoms with E-state index in [1.807, 2.05) is 0 Å². The van der Waals surface area contributed by atoms with Crippen molar-refractivity contribution in [1.82, 2.24) is 0 Å². The fourth-order valence-electron chi connectivity index (χ4n) is 10.9. The highest BCUT2D eigenvalue weighted by Crippen LogP contribution is 2.62. The molecule has 3 heterocycles. The fourth-order valence-corrected chi connectivity index (χ4v) is 10.9. The van der Waals surface area contributed by atoms with Crippen LogP contribution in [-0.2, 0) is 5.41 Å². The zero-order chi connectivity index (χ0) is 36.4. The van der Waals surface area contributed by atoms with Gasteiger partial charge in [-0.3, -0.25) is 0 Å². The van der Waals surface area contributed by atoms with Gasteiger partial charge in [-0.05, 0) is 141 Å². The molecule has 1 fully saturated rings. The van der Waals surface area contributed by atoms with Crippen molar-refractivity contribution in [2.24, 2.45) is 0 Å². The van der Waals surface area contributed by atoms with Crippen LogP contribution in [0.3, 0.4) is 0 Å². The topological polar surface area (TPSA) is 9.72 Å². The molecular formula is C49H48BN3. The number of hydrogen-bond donors (Lipinski definition) is 0. The van der Waals surface area contributed by atoms with Gasteiger partial charge in [-0.25, -0.2) is 0 Å². The number of hydrogen-bond acceptors (Lipinski definition) is 3. The first-order chi connectivity index (χ1) is 25.6. The van der Waals surface area contributed by atoms with Crippen molar-refractivity contribution in [1.29, 1.82) is 0 Å². The molecular weight excluding hydrogens is 641 g/mol. The lowest BCUT2D eigenvalue weighted by Gasteiger charge is -2.53. The quantitative estimate of drug-likeness (QED) is 0.170. The van der Waals surface area contributed by atoms with Crippen molar-refractivity contribution in [3.8, 4) is 0 Å². The van der Waals surface area contributed by atoms with Gasteiger partial charge in [-0.1, -0.05) is 98.1 Å². The van der Waals surface area contributed by atoms with Crippen LogP contribution in [0.4, 0.5) is 45.5 Å². The van der Waals surface area contributed by atoms with E-state index in [4.69, 9.17) is 0 Å². The molecule has 6 aromatic carbocycles. The van der Waals surface area contributed by atoms with E-state index in [0.717, 1.165) is 0 Å². The Balaban J connectivity index is 1.37. The summed E-state index contributed by atoms with van der Waals surface area (Å²) in [5.41, 5.74) is 22.5. The Bertz CT molecular complexity index is 2450. The summed E-state index contributed by atoms with van der Waals surface area (Å²) in [6, 6.07) is 44.1. The molecule has 0 amide bonds. The van der Waals surface area contributed by atoms with Gasteiger partial charge in [0.05, 0.1) is 11.2 Å². The third-order valence-electron chi connectivity index (χ3n) is 13.5. The Kier molecular flexibility index (Phi) is 6.97. The summed E-state index contributed by atoms with van der Waals surface area (Å²) in [7, 11) is 0. The first-order valence-electron chi connectivity index (χ1n) is 19.6. The number of aryl methyl sites for hydroxylation is 5. The minimum atomic E-state index is -0.0502. The van der Waals surface area contributed by atoms with Crippen LogP contribution >= 0.6 is 0 Å². The molecule has 4 aliphatic rings. The molecule has 0 radical (unpaired) electrons. The minimum Gasteiger partial charge on any atom is -0.335 e. The normalized spacial score (nSPS) is 20.5. The van der Waals surface area contributed by atoms with Gasteiger partial charge in [0.1, 0.15) is 0 Å². The van der Waals surface area contributed by atoms with Crippen LogP contribution in [0.2, 0.25) is 0 Å². The van der Waals surface area contributed by atoms with Gasteiger partial charge >= 0.3 is 0 Å². The van der Waals surface area contributed by atoms with E-state index < -0.39 is 0 Å². The van der Waals surface area contributed by atoms with E-state index in [9.17, 15) is 0 Å². The molecule has 1 aliphatic carbocycles. The summed E-state index contributed by atoms with van der Waals surface area (Å²) in [5.74, 6) is 0. The maximum Gasteiger partial charge on any atom is 0.252 e. The van der Waals surface area contributed by atoms with Crippen molar-refractivity contribution in [2.45, 2.75) is 85.1 Å². The van der Waals surface area contributed by atoms with Crippen molar-refractivity contribution >= 4 is 68.6 Å². The first kappa shape index (κ1) is 32.4. The maximum absolute atomic E-state index is 2.86. The molecule has 0 N–H and O–H groups in total. The summed E-state index contributed by atoms with van der Waals surface area (Å²) in [6.45, 7) is 16.6. The lowest BCUT2D eigenvalue weighted by atomic mass is 9.33. The minimum absolute atomic E-state index is 0.0502. The molecule has 6 aromatic rings. The predicted molar refractivity (Wildman–Crippen MR) is 227 cm³/mol. The number of para-hydroxylation sites is 2. The maximum atomic E-state index is 2.86. The van der Waals surface area contributed by atoms with Crippen molar-refractivity contribution in [2.75, 3.05) is 14.7 Å². The molecule has 0 aromatic heterocycles. The smallest absolute Gasteiger partial charge is 0.252 e. The Morgan fingerprint density at radius 3 is 1.92 bits per heavy atom. The Morgan fingerprint density at radius 2 is 1.21 bits per heavy atom. The van der Waals surface area contributed by atoms with Gasteiger partial charge in [-0.15, -0.1) is 0 Å². The van der Waals surface area contributed by atoms with Gasteiger partial charge in [0.2, 0.25) is 0 Å². The lowest BCUT2D eigenvalue weighted by molar-refractivity contribution is 0.195. The Morgan fingerprint density at radius 1 is 0.547 bits per heavy atom. The highest BCUT2D eigenvalue weighted by atomic mass is 15.3. The van der Waals surface area contributed by atoms with E-state index >= 15 is 0 Å². The highest BCUT2D eigenvalue weighted by molar-refractivity contribution is 7.00. The zero-order valence-electron chi connectivity index (χ0n) is 32.2. The van der Waals surface area contributed by atoms with E-state index in [-0.39, 0.29) is 17.7 Å². The van der Waals surface area contributed by atoms with Crippen LogP contribution in [0.1, 0.15) is 72.9 Å². The van der Waals surface area contributed by atoms with Crippen LogP contribution < -0.4 is 31.1 Å². The Hall–Kier alpha value is -5.22. The van der Waals surface area contributed by atoms with Gasteiger partial charge in [0, 0.05) is 45.2 Å². The molecule has 3 nitrogen and oxygen atoms in total. The second-order valence-corrected chi connectivity index (χ2v) is 16.9. The van der Waals surface area contributed by atoms with E-state index in [0.29, 0.717) is 0 Å². The molecule has 3 aliphatic heterocycles. The van der Waals surface area contributed by atoms with Crippen LogP contribution in [0.5, 0.6) is 0 Å². The number of benzene rings is 6. The fraction of sp³-hybridized carbons (Fsp3) is 0.265. The van der Waals surface area contributed by atoms with E-state index in [1.54, 1.807) is 5.56 Å². The second-order valence-electron chi connectivity index (χ2n) is 16.9. The summed E-state index contributed by atoms with van der Waals surface area (Å²) in [5, 5.41) is 0.